The van der Waals surface area contributed by atoms with Crippen LogP contribution in [0.5, 0.6) is 0 Å². The van der Waals surface area contributed by atoms with E-state index in [-0.39, 0.29) is 29.1 Å². The van der Waals surface area contributed by atoms with Gasteiger partial charge in [-0.05, 0) is 25.0 Å². The lowest BCUT2D eigenvalue weighted by atomic mass is 9.83. The topological polar surface area (TPSA) is 64.3 Å². The monoisotopic (exact) mass is 290 g/mol. The molecule has 1 aliphatic heterocycles. The second-order valence-corrected chi connectivity index (χ2v) is 5.66. The Morgan fingerprint density at radius 2 is 2.33 bits per heavy atom. The molecular formula is C16H19FN2O2. The molecule has 1 heterocycles. The van der Waals surface area contributed by atoms with Crippen molar-refractivity contribution in [2.75, 3.05) is 19.7 Å². The van der Waals surface area contributed by atoms with Crippen molar-refractivity contribution >= 4 is 5.91 Å². The van der Waals surface area contributed by atoms with E-state index in [9.17, 15) is 14.3 Å². The molecule has 1 amide bonds. The summed E-state index contributed by atoms with van der Waals surface area (Å²) in [5, 5.41) is 18.6. The third-order valence-corrected chi connectivity index (χ3v) is 4.20. The largest absolute Gasteiger partial charge is 0.396 e. The minimum atomic E-state index is -0.676. The number of nitrogens with zero attached hydrogens (tertiary/aromatic N) is 2. The molecule has 4 nitrogen and oxygen atoms in total. The molecule has 0 saturated carbocycles. The van der Waals surface area contributed by atoms with E-state index in [2.05, 4.69) is 0 Å². The van der Waals surface area contributed by atoms with Gasteiger partial charge in [-0.15, -0.1) is 0 Å². The Balaban J connectivity index is 2.23. The molecule has 1 unspecified atom stereocenters. The zero-order chi connectivity index (χ0) is 15.5. The van der Waals surface area contributed by atoms with Gasteiger partial charge in [0.05, 0.1) is 12.2 Å². The van der Waals surface area contributed by atoms with Gasteiger partial charge in [0.1, 0.15) is 17.4 Å². The predicted octanol–water partition coefficient (Wildman–Crippen LogP) is 2.32. The molecular weight excluding hydrogens is 271 g/mol. The lowest BCUT2D eigenvalue weighted by Gasteiger charge is -2.26. The van der Waals surface area contributed by atoms with Crippen LogP contribution in [-0.2, 0) is 0 Å². The number of aliphatic hydroxyl groups is 1. The number of benzene rings is 1. The number of rotatable bonds is 4. The number of likely N-dealkylation sites (tertiary alicyclic amines) is 1. The van der Waals surface area contributed by atoms with Gasteiger partial charge in [0, 0.05) is 18.5 Å². The molecule has 1 aromatic carbocycles. The highest BCUT2D eigenvalue weighted by Gasteiger charge is 2.39. The molecule has 0 aromatic heterocycles. The Morgan fingerprint density at radius 3 is 2.95 bits per heavy atom. The summed E-state index contributed by atoms with van der Waals surface area (Å²) in [5.74, 6) is -1.01. The SMILES string of the molecule is CCCC1(CO)CCN(C(=O)c2cccc(F)c2C#N)C1. The van der Waals surface area contributed by atoms with E-state index in [1.165, 1.54) is 18.2 Å². The van der Waals surface area contributed by atoms with Crippen LogP contribution in [-0.4, -0.2) is 35.6 Å². The zero-order valence-corrected chi connectivity index (χ0v) is 12.1. The minimum absolute atomic E-state index is 0.0406. The van der Waals surface area contributed by atoms with Crippen LogP contribution in [0.25, 0.3) is 0 Å². The summed E-state index contributed by atoms with van der Waals surface area (Å²) in [5.41, 5.74) is -0.368. The van der Waals surface area contributed by atoms with Crippen molar-refractivity contribution in [2.45, 2.75) is 26.2 Å². The van der Waals surface area contributed by atoms with Crippen molar-refractivity contribution in [3.8, 4) is 6.07 Å². The fourth-order valence-electron chi connectivity index (χ4n) is 3.04. The summed E-state index contributed by atoms with van der Waals surface area (Å²) in [6.45, 7) is 3.07. The van der Waals surface area contributed by atoms with Gasteiger partial charge in [-0.25, -0.2) is 4.39 Å². The average Bonchev–Trinajstić information content (AvgIpc) is 2.91. The first kappa shape index (κ1) is 15.5. The molecule has 1 saturated heterocycles. The lowest BCUT2D eigenvalue weighted by Crippen LogP contribution is -2.34. The van der Waals surface area contributed by atoms with Gasteiger partial charge in [-0.2, -0.15) is 5.26 Å². The molecule has 5 heteroatoms. The van der Waals surface area contributed by atoms with Crippen molar-refractivity contribution < 1.29 is 14.3 Å². The standard InChI is InChI=1S/C16H19FN2O2/c1-2-6-16(11-20)7-8-19(10-16)15(21)12-4-3-5-14(17)13(12)9-18/h3-5,20H,2,6-8,10-11H2,1H3. The Bertz CT molecular complexity index is 582. The zero-order valence-electron chi connectivity index (χ0n) is 12.1. The summed E-state index contributed by atoms with van der Waals surface area (Å²) in [7, 11) is 0. The van der Waals surface area contributed by atoms with E-state index in [4.69, 9.17) is 5.26 Å². The third kappa shape index (κ3) is 2.91. The predicted molar refractivity (Wildman–Crippen MR) is 76.1 cm³/mol. The van der Waals surface area contributed by atoms with E-state index in [0.29, 0.717) is 13.1 Å². The Kier molecular flexibility index (Phi) is 4.59. The van der Waals surface area contributed by atoms with Crippen LogP contribution in [0.3, 0.4) is 0 Å². The van der Waals surface area contributed by atoms with E-state index < -0.39 is 5.82 Å². The number of carbonyl (C=O) groups is 1. The number of halogens is 1. The van der Waals surface area contributed by atoms with Gasteiger partial charge < -0.3 is 10.0 Å². The molecule has 1 aliphatic rings. The highest BCUT2D eigenvalue weighted by atomic mass is 19.1. The molecule has 0 aliphatic carbocycles. The number of hydrogen-bond donors (Lipinski definition) is 1. The third-order valence-electron chi connectivity index (χ3n) is 4.20. The first-order valence-corrected chi connectivity index (χ1v) is 7.15. The van der Waals surface area contributed by atoms with E-state index >= 15 is 0 Å². The summed E-state index contributed by atoms with van der Waals surface area (Å²) < 4.78 is 13.6. The molecule has 1 aromatic rings. The number of hydrogen-bond acceptors (Lipinski definition) is 3. The van der Waals surface area contributed by atoms with Crippen molar-refractivity contribution in [1.29, 1.82) is 5.26 Å². The Labute approximate surface area is 123 Å². The maximum absolute atomic E-state index is 13.6. The van der Waals surface area contributed by atoms with Crippen molar-refractivity contribution in [3.05, 3.63) is 35.1 Å². The quantitative estimate of drug-likeness (QED) is 0.925. The number of amides is 1. The summed E-state index contributed by atoms with van der Waals surface area (Å²) in [4.78, 5) is 14.1. The maximum Gasteiger partial charge on any atom is 0.255 e. The van der Waals surface area contributed by atoms with Crippen LogP contribution < -0.4 is 0 Å². The van der Waals surface area contributed by atoms with Gasteiger partial charge in [0.25, 0.3) is 5.91 Å². The molecule has 21 heavy (non-hydrogen) atoms. The van der Waals surface area contributed by atoms with Gasteiger partial charge in [-0.1, -0.05) is 19.4 Å². The van der Waals surface area contributed by atoms with Crippen LogP contribution >= 0.6 is 0 Å². The van der Waals surface area contributed by atoms with Gasteiger partial charge in [0.15, 0.2) is 0 Å². The van der Waals surface area contributed by atoms with Crippen molar-refractivity contribution in [2.24, 2.45) is 5.41 Å². The smallest absolute Gasteiger partial charge is 0.255 e. The first-order valence-electron chi connectivity index (χ1n) is 7.15. The lowest BCUT2D eigenvalue weighted by molar-refractivity contribution is 0.0728. The number of carbonyl (C=O) groups excluding carboxylic acids is 1. The average molecular weight is 290 g/mol. The maximum atomic E-state index is 13.6. The second-order valence-electron chi connectivity index (χ2n) is 5.66. The molecule has 2 rings (SSSR count). The van der Waals surface area contributed by atoms with Crippen LogP contribution in [0.4, 0.5) is 4.39 Å². The summed E-state index contributed by atoms with van der Waals surface area (Å²) in [6.07, 6.45) is 2.52. The molecule has 0 spiro atoms. The van der Waals surface area contributed by atoms with Gasteiger partial charge in [-0.3, -0.25) is 4.79 Å². The Morgan fingerprint density at radius 1 is 1.57 bits per heavy atom. The fraction of sp³-hybridized carbons (Fsp3) is 0.500. The van der Waals surface area contributed by atoms with Crippen LogP contribution in [0.2, 0.25) is 0 Å². The normalized spacial score (nSPS) is 21.3. The fourth-order valence-corrected chi connectivity index (χ4v) is 3.04. The van der Waals surface area contributed by atoms with E-state index in [1.807, 2.05) is 6.92 Å². The molecule has 1 fully saturated rings. The second kappa shape index (κ2) is 6.23. The molecule has 1 N–H and O–H groups in total. The number of aliphatic hydroxyl groups excluding tert-OH is 1. The van der Waals surface area contributed by atoms with Crippen molar-refractivity contribution in [1.82, 2.24) is 4.90 Å². The minimum Gasteiger partial charge on any atom is -0.396 e. The molecule has 0 radical (unpaired) electrons. The summed E-state index contributed by atoms with van der Waals surface area (Å²) >= 11 is 0. The molecule has 112 valence electrons. The van der Waals surface area contributed by atoms with Crippen LogP contribution in [0, 0.1) is 22.6 Å². The number of nitriles is 1. The highest BCUT2D eigenvalue weighted by Crippen LogP contribution is 2.35. The highest BCUT2D eigenvalue weighted by molar-refractivity contribution is 5.96. The molecule has 1 atom stereocenters. The van der Waals surface area contributed by atoms with Gasteiger partial charge in [0.2, 0.25) is 0 Å². The van der Waals surface area contributed by atoms with E-state index in [0.717, 1.165) is 19.3 Å². The van der Waals surface area contributed by atoms with Crippen LogP contribution in [0.15, 0.2) is 18.2 Å². The Hall–Kier alpha value is -1.93. The van der Waals surface area contributed by atoms with Crippen LogP contribution in [0.1, 0.15) is 42.1 Å². The summed E-state index contributed by atoms with van der Waals surface area (Å²) in [6, 6.07) is 5.84. The van der Waals surface area contributed by atoms with Crippen molar-refractivity contribution in [3.63, 3.8) is 0 Å². The van der Waals surface area contributed by atoms with E-state index in [1.54, 1.807) is 11.0 Å². The first-order chi connectivity index (χ1) is 10.1. The molecule has 0 bridgehead atoms. The van der Waals surface area contributed by atoms with Gasteiger partial charge >= 0.3 is 0 Å².